The third-order valence-electron chi connectivity index (χ3n) is 1.97. The van der Waals surface area contributed by atoms with Crippen LogP contribution in [0.5, 0.6) is 0 Å². The minimum Gasteiger partial charge on any atom is -0.382 e. The van der Waals surface area contributed by atoms with E-state index < -0.39 is 0 Å². The van der Waals surface area contributed by atoms with Crippen LogP contribution in [0.1, 0.15) is 20.3 Å². The third-order valence-corrected chi connectivity index (χ3v) is 1.97. The summed E-state index contributed by atoms with van der Waals surface area (Å²) in [5.41, 5.74) is 5.66. The molecule has 0 aliphatic heterocycles. The van der Waals surface area contributed by atoms with E-state index in [-0.39, 0.29) is 0 Å². The quantitative estimate of drug-likeness (QED) is 0.346. The zero-order valence-electron chi connectivity index (χ0n) is 10.7. The van der Waals surface area contributed by atoms with E-state index in [4.69, 9.17) is 15.2 Å². The van der Waals surface area contributed by atoms with E-state index in [2.05, 4.69) is 24.2 Å². The zero-order chi connectivity index (χ0) is 12.2. The van der Waals surface area contributed by atoms with Crippen LogP contribution in [0.25, 0.3) is 0 Å². The summed E-state index contributed by atoms with van der Waals surface area (Å²) in [7, 11) is 1.65. The summed E-state index contributed by atoms with van der Waals surface area (Å²) in [5.74, 6) is 1.16. The Morgan fingerprint density at radius 2 is 2.06 bits per heavy atom. The van der Waals surface area contributed by atoms with Crippen LogP contribution >= 0.6 is 0 Å². The van der Waals surface area contributed by atoms with E-state index >= 15 is 0 Å². The first-order valence-electron chi connectivity index (χ1n) is 5.77. The number of rotatable bonds is 9. The predicted molar refractivity (Wildman–Crippen MR) is 66.6 cm³/mol. The number of methoxy groups -OCH3 is 1. The highest BCUT2D eigenvalue weighted by molar-refractivity contribution is 5.77. The molecule has 0 aliphatic carbocycles. The Bertz CT molecular complexity index is 184. The molecule has 0 atom stereocenters. The van der Waals surface area contributed by atoms with Gasteiger partial charge in [-0.2, -0.15) is 0 Å². The molecule has 3 N–H and O–H groups in total. The van der Waals surface area contributed by atoms with Gasteiger partial charge in [-0.3, -0.25) is 4.99 Å². The molecule has 0 aliphatic rings. The first-order chi connectivity index (χ1) is 7.66. The molecular weight excluding hydrogens is 206 g/mol. The number of nitrogens with zero attached hydrogens (tertiary/aromatic N) is 1. The molecule has 16 heavy (non-hydrogen) atoms. The average molecular weight is 231 g/mol. The van der Waals surface area contributed by atoms with Crippen molar-refractivity contribution in [3.8, 4) is 0 Å². The number of nitrogens with one attached hydrogen (secondary N) is 1. The lowest BCUT2D eigenvalue weighted by molar-refractivity contribution is 0.0734. The molecule has 0 aromatic heterocycles. The maximum atomic E-state index is 5.66. The molecule has 0 saturated heterocycles. The van der Waals surface area contributed by atoms with Gasteiger partial charge in [-0.25, -0.2) is 0 Å². The van der Waals surface area contributed by atoms with E-state index in [9.17, 15) is 0 Å². The van der Waals surface area contributed by atoms with Gasteiger partial charge in [0, 0.05) is 20.2 Å². The van der Waals surface area contributed by atoms with Gasteiger partial charge in [0.25, 0.3) is 0 Å². The normalized spacial score (nSPS) is 12.1. The summed E-state index contributed by atoms with van der Waals surface area (Å²) >= 11 is 0. The van der Waals surface area contributed by atoms with Gasteiger partial charge in [-0.05, 0) is 12.3 Å². The fourth-order valence-electron chi connectivity index (χ4n) is 0.995. The summed E-state index contributed by atoms with van der Waals surface area (Å²) in [6.45, 7) is 7.65. The van der Waals surface area contributed by atoms with E-state index in [0.717, 1.165) is 13.0 Å². The van der Waals surface area contributed by atoms with Crippen molar-refractivity contribution in [2.24, 2.45) is 16.6 Å². The SMILES string of the molecule is COCCOCCNC(N)=NCCC(C)C. The summed E-state index contributed by atoms with van der Waals surface area (Å²) in [6.07, 6.45) is 1.06. The van der Waals surface area contributed by atoms with Gasteiger partial charge in [-0.1, -0.05) is 13.8 Å². The number of ether oxygens (including phenoxy) is 2. The van der Waals surface area contributed by atoms with Gasteiger partial charge in [-0.15, -0.1) is 0 Å². The highest BCUT2D eigenvalue weighted by atomic mass is 16.5. The molecule has 0 spiro atoms. The Kier molecular flexibility index (Phi) is 10.2. The molecule has 96 valence electrons. The highest BCUT2D eigenvalue weighted by Crippen LogP contribution is 1.97. The van der Waals surface area contributed by atoms with E-state index in [0.29, 0.717) is 38.2 Å². The number of hydrogen-bond donors (Lipinski definition) is 2. The van der Waals surface area contributed by atoms with Crippen LogP contribution in [-0.4, -0.2) is 46.0 Å². The fraction of sp³-hybridized carbons (Fsp3) is 0.909. The standard InChI is InChI=1S/C11H25N3O2/c1-10(2)4-5-13-11(12)14-6-7-16-9-8-15-3/h10H,4-9H2,1-3H3,(H3,12,13,14). The van der Waals surface area contributed by atoms with Crippen LogP contribution in [0, 0.1) is 5.92 Å². The Hall–Kier alpha value is -0.810. The lowest BCUT2D eigenvalue weighted by atomic mass is 10.1. The molecule has 0 unspecified atom stereocenters. The van der Waals surface area contributed by atoms with Crippen molar-refractivity contribution in [1.82, 2.24) is 5.32 Å². The van der Waals surface area contributed by atoms with Crippen LogP contribution in [0.3, 0.4) is 0 Å². The number of nitrogens with two attached hydrogens (primary N) is 1. The van der Waals surface area contributed by atoms with Crippen LogP contribution in [0.15, 0.2) is 4.99 Å². The lowest BCUT2D eigenvalue weighted by Crippen LogP contribution is -2.34. The summed E-state index contributed by atoms with van der Waals surface area (Å²) < 4.78 is 10.1. The fourth-order valence-corrected chi connectivity index (χ4v) is 0.995. The molecule has 0 saturated carbocycles. The molecule has 0 fully saturated rings. The smallest absolute Gasteiger partial charge is 0.188 e. The van der Waals surface area contributed by atoms with Gasteiger partial charge >= 0.3 is 0 Å². The summed E-state index contributed by atoms with van der Waals surface area (Å²) in [4.78, 5) is 4.20. The van der Waals surface area contributed by atoms with Gasteiger partial charge in [0.05, 0.1) is 19.8 Å². The maximum Gasteiger partial charge on any atom is 0.188 e. The predicted octanol–water partition coefficient (Wildman–Crippen LogP) is 0.600. The first kappa shape index (κ1) is 15.2. The average Bonchev–Trinajstić information content (AvgIpc) is 2.22. The molecular formula is C11H25N3O2. The summed E-state index contributed by atoms with van der Waals surface area (Å²) in [6, 6.07) is 0. The molecule has 0 aromatic rings. The molecule has 0 bridgehead atoms. The molecule has 0 radical (unpaired) electrons. The summed E-state index contributed by atoms with van der Waals surface area (Å²) in [5, 5.41) is 3.00. The number of hydrogen-bond acceptors (Lipinski definition) is 3. The third kappa shape index (κ3) is 11.3. The number of guanidine groups is 1. The topological polar surface area (TPSA) is 68.9 Å². The molecule has 5 nitrogen and oxygen atoms in total. The van der Waals surface area contributed by atoms with Gasteiger partial charge in [0.2, 0.25) is 0 Å². The zero-order valence-corrected chi connectivity index (χ0v) is 10.7. The Balaban J connectivity index is 3.31. The maximum absolute atomic E-state index is 5.66. The molecule has 0 rings (SSSR count). The molecule has 5 heteroatoms. The van der Waals surface area contributed by atoms with Crippen molar-refractivity contribution in [2.75, 3.05) is 40.0 Å². The van der Waals surface area contributed by atoms with E-state index in [1.807, 2.05) is 0 Å². The van der Waals surface area contributed by atoms with E-state index in [1.165, 1.54) is 0 Å². The van der Waals surface area contributed by atoms with Crippen molar-refractivity contribution in [1.29, 1.82) is 0 Å². The molecule has 0 heterocycles. The second-order valence-corrected chi connectivity index (χ2v) is 3.98. The highest BCUT2D eigenvalue weighted by Gasteiger charge is 1.94. The lowest BCUT2D eigenvalue weighted by Gasteiger charge is -2.07. The van der Waals surface area contributed by atoms with Gasteiger partial charge in [0.1, 0.15) is 0 Å². The minimum absolute atomic E-state index is 0.496. The largest absolute Gasteiger partial charge is 0.382 e. The Morgan fingerprint density at radius 1 is 1.31 bits per heavy atom. The van der Waals surface area contributed by atoms with Gasteiger partial charge < -0.3 is 20.5 Å². The van der Waals surface area contributed by atoms with Crippen LogP contribution in [0.2, 0.25) is 0 Å². The van der Waals surface area contributed by atoms with Crippen molar-refractivity contribution >= 4 is 5.96 Å². The van der Waals surface area contributed by atoms with E-state index in [1.54, 1.807) is 7.11 Å². The second-order valence-electron chi connectivity index (χ2n) is 3.98. The van der Waals surface area contributed by atoms with Crippen molar-refractivity contribution in [3.63, 3.8) is 0 Å². The van der Waals surface area contributed by atoms with Crippen LogP contribution in [-0.2, 0) is 9.47 Å². The van der Waals surface area contributed by atoms with Crippen molar-refractivity contribution < 1.29 is 9.47 Å². The Labute approximate surface area is 98.4 Å². The first-order valence-corrected chi connectivity index (χ1v) is 5.77. The second kappa shape index (κ2) is 10.7. The Morgan fingerprint density at radius 3 is 2.69 bits per heavy atom. The van der Waals surface area contributed by atoms with Crippen molar-refractivity contribution in [3.05, 3.63) is 0 Å². The minimum atomic E-state index is 0.496. The monoisotopic (exact) mass is 231 g/mol. The number of aliphatic imine (C=N–C) groups is 1. The van der Waals surface area contributed by atoms with Crippen LogP contribution < -0.4 is 11.1 Å². The molecule has 0 amide bonds. The molecule has 0 aromatic carbocycles. The van der Waals surface area contributed by atoms with Crippen molar-refractivity contribution in [2.45, 2.75) is 20.3 Å². The van der Waals surface area contributed by atoms with Gasteiger partial charge in [0.15, 0.2) is 5.96 Å². The van der Waals surface area contributed by atoms with Crippen LogP contribution in [0.4, 0.5) is 0 Å².